The van der Waals surface area contributed by atoms with Crippen molar-refractivity contribution in [3.05, 3.63) is 24.3 Å². The lowest BCUT2D eigenvalue weighted by molar-refractivity contribution is 0.414. The van der Waals surface area contributed by atoms with Crippen LogP contribution in [0.3, 0.4) is 0 Å². The molecule has 5 nitrogen and oxygen atoms in total. The number of sulfonamides is 1. The van der Waals surface area contributed by atoms with Crippen LogP contribution >= 0.6 is 0 Å². The number of nitrogens with two attached hydrogens (primary N) is 1. The first-order valence-electron chi connectivity index (χ1n) is 6.55. The van der Waals surface area contributed by atoms with Crippen LogP contribution in [0.15, 0.2) is 29.2 Å². The smallest absolute Gasteiger partial charge is 0.240 e. The lowest BCUT2D eigenvalue weighted by Crippen LogP contribution is -2.36. The Balaban J connectivity index is 2.07. The Morgan fingerprint density at radius 3 is 2.32 bits per heavy atom. The highest BCUT2D eigenvalue weighted by molar-refractivity contribution is 7.89. The average molecular weight is 283 g/mol. The number of hydrogen-bond acceptors (Lipinski definition) is 4. The molecule has 0 spiro atoms. The van der Waals surface area contributed by atoms with E-state index in [1.165, 1.54) is 7.05 Å². The van der Waals surface area contributed by atoms with E-state index in [1.807, 2.05) is 12.1 Å². The summed E-state index contributed by atoms with van der Waals surface area (Å²) in [6.07, 6.45) is 2.21. The predicted octanol–water partition coefficient (Wildman–Crippen LogP) is 0.770. The van der Waals surface area contributed by atoms with Gasteiger partial charge in [0.2, 0.25) is 10.0 Å². The average Bonchev–Trinajstić information content (AvgIpc) is 2.47. The van der Waals surface area contributed by atoms with E-state index >= 15 is 0 Å². The number of rotatable bonds is 4. The van der Waals surface area contributed by atoms with Crippen LogP contribution in [0.1, 0.15) is 12.8 Å². The summed E-state index contributed by atoms with van der Waals surface area (Å²) < 4.78 is 25.6. The van der Waals surface area contributed by atoms with Gasteiger partial charge in [-0.1, -0.05) is 0 Å². The molecular formula is C13H21N3O2S. The molecule has 6 heteroatoms. The van der Waals surface area contributed by atoms with Gasteiger partial charge in [-0.15, -0.1) is 0 Å². The largest absolute Gasteiger partial charge is 0.372 e. The summed E-state index contributed by atoms with van der Waals surface area (Å²) in [4.78, 5) is 2.58. The van der Waals surface area contributed by atoms with Crippen LogP contribution in [0.2, 0.25) is 0 Å². The van der Waals surface area contributed by atoms with Crippen LogP contribution in [-0.4, -0.2) is 35.1 Å². The van der Waals surface area contributed by atoms with Crippen LogP contribution in [0.25, 0.3) is 0 Å². The fourth-order valence-electron chi connectivity index (χ4n) is 2.38. The van der Waals surface area contributed by atoms with E-state index in [0.717, 1.165) is 38.2 Å². The third-order valence-electron chi connectivity index (χ3n) is 3.73. The maximum atomic E-state index is 11.6. The first kappa shape index (κ1) is 14.3. The Hall–Kier alpha value is -1.11. The molecule has 3 N–H and O–H groups in total. The van der Waals surface area contributed by atoms with Gasteiger partial charge in [-0.25, -0.2) is 13.1 Å². The van der Waals surface area contributed by atoms with Crippen LogP contribution in [0, 0.1) is 5.92 Å². The van der Waals surface area contributed by atoms with Crippen LogP contribution < -0.4 is 15.4 Å². The molecule has 0 bridgehead atoms. The Morgan fingerprint density at radius 2 is 1.84 bits per heavy atom. The lowest BCUT2D eigenvalue weighted by Gasteiger charge is -2.33. The van der Waals surface area contributed by atoms with Gasteiger partial charge >= 0.3 is 0 Å². The number of nitrogens with zero attached hydrogens (tertiary/aromatic N) is 1. The molecule has 0 aromatic heterocycles. The summed E-state index contributed by atoms with van der Waals surface area (Å²) in [6, 6.07) is 7.03. The molecule has 2 rings (SSSR count). The standard InChI is InChI=1S/C13H21N3O2S/c1-15-19(17,18)13-4-2-12(3-5-13)16-8-6-11(10-14)7-9-16/h2-5,11,15H,6-10,14H2,1H3. The zero-order valence-electron chi connectivity index (χ0n) is 11.2. The second kappa shape index (κ2) is 5.90. The lowest BCUT2D eigenvalue weighted by atomic mass is 9.97. The second-order valence-electron chi connectivity index (χ2n) is 4.87. The minimum Gasteiger partial charge on any atom is -0.372 e. The molecule has 0 unspecified atom stereocenters. The molecule has 0 aliphatic carbocycles. The number of anilines is 1. The molecule has 1 aromatic carbocycles. The van der Waals surface area contributed by atoms with E-state index < -0.39 is 10.0 Å². The number of nitrogens with one attached hydrogen (secondary N) is 1. The van der Waals surface area contributed by atoms with E-state index in [0.29, 0.717) is 10.8 Å². The van der Waals surface area contributed by atoms with E-state index in [-0.39, 0.29) is 0 Å². The second-order valence-corrected chi connectivity index (χ2v) is 6.75. The van der Waals surface area contributed by atoms with Crippen LogP contribution in [0.4, 0.5) is 5.69 Å². The summed E-state index contributed by atoms with van der Waals surface area (Å²) in [5.74, 6) is 0.625. The van der Waals surface area contributed by atoms with Gasteiger partial charge in [0.05, 0.1) is 4.90 Å². The van der Waals surface area contributed by atoms with Crippen molar-refractivity contribution < 1.29 is 8.42 Å². The van der Waals surface area contributed by atoms with Gasteiger partial charge in [-0.3, -0.25) is 0 Å². The molecule has 1 saturated heterocycles. The van der Waals surface area contributed by atoms with E-state index in [2.05, 4.69) is 9.62 Å². The molecular weight excluding hydrogens is 262 g/mol. The molecule has 0 radical (unpaired) electrons. The molecule has 0 amide bonds. The predicted molar refractivity (Wildman–Crippen MR) is 76.7 cm³/mol. The van der Waals surface area contributed by atoms with Gasteiger partial charge in [0, 0.05) is 18.8 Å². The summed E-state index contributed by atoms with van der Waals surface area (Å²) in [6.45, 7) is 2.73. The highest BCUT2D eigenvalue weighted by atomic mass is 32.2. The highest BCUT2D eigenvalue weighted by Gasteiger charge is 2.19. The third-order valence-corrected chi connectivity index (χ3v) is 5.16. The van der Waals surface area contributed by atoms with E-state index in [1.54, 1.807) is 12.1 Å². The quantitative estimate of drug-likeness (QED) is 0.856. The number of hydrogen-bond donors (Lipinski definition) is 2. The Labute approximate surface area is 114 Å². The fraction of sp³-hybridized carbons (Fsp3) is 0.538. The van der Waals surface area contributed by atoms with E-state index in [9.17, 15) is 8.42 Å². The normalized spacial score (nSPS) is 17.7. The van der Waals surface area contributed by atoms with Crippen molar-refractivity contribution in [2.75, 3.05) is 31.6 Å². The molecule has 106 valence electrons. The SMILES string of the molecule is CNS(=O)(=O)c1ccc(N2CCC(CN)CC2)cc1. The van der Waals surface area contributed by atoms with Gasteiger partial charge in [0.1, 0.15) is 0 Å². The van der Waals surface area contributed by atoms with Crippen molar-refractivity contribution in [3.8, 4) is 0 Å². The number of benzene rings is 1. The van der Waals surface area contributed by atoms with Crippen molar-refractivity contribution in [1.29, 1.82) is 0 Å². The summed E-state index contributed by atoms with van der Waals surface area (Å²) in [5.41, 5.74) is 6.75. The topological polar surface area (TPSA) is 75.4 Å². The fourth-order valence-corrected chi connectivity index (χ4v) is 3.11. The summed E-state index contributed by atoms with van der Waals surface area (Å²) >= 11 is 0. The van der Waals surface area contributed by atoms with Crippen molar-refractivity contribution >= 4 is 15.7 Å². The zero-order chi connectivity index (χ0) is 13.9. The third kappa shape index (κ3) is 3.26. The maximum Gasteiger partial charge on any atom is 0.240 e. The molecule has 1 heterocycles. The maximum absolute atomic E-state index is 11.6. The van der Waals surface area contributed by atoms with Gasteiger partial charge < -0.3 is 10.6 Å². The molecule has 1 fully saturated rings. The molecule has 1 aromatic rings. The monoisotopic (exact) mass is 283 g/mol. The van der Waals surface area contributed by atoms with E-state index in [4.69, 9.17) is 5.73 Å². The molecule has 0 atom stereocenters. The van der Waals surface area contributed by atoms with Gasteiger partial charge in [-0.05, 0) is 56.6 Å². The first-order chi connectivity index (χ1) is 9.06. The van der Waals surface area contributed by atoms with Crippen LogP contribution in [-0.2, 0) is 10.0 Å². The van der Waals surface area contributed by atoms with Gasteiger partial charge in [0.15, 0.2) is 0 Å². The summed E-state index contributed by atoms with van der Waals surface area (Å²) in [5, 5.41) is 0. The Morgan fingerprint density at radius 1 is 1.26 bits per heavy atom. The van der Waals surface area contributed by atoms with Crippen molar-refractivity contribution in [1.82, 2.24) is 4.72 Å². The highest BCUT2D eigenvalue weighted by Crippen LogP contribution is 2.23. The Bertz CT molecular complexity index is 505. The molecule has 0 saturated carbocycles. The van der Waals surface area contributed by atoms with Crippen LogP contribution in [0.5, 0.6) is 0 Å². The van der Waals surface area contributed by atoms with Crippen molar-refractivity contribution in [3.63, 3.8) is 0 Å². The van der Waals surface area contributed by atoms with Gasteiger partial charge in [-0.2, -0.15) is 0 Å². The minimum absolute atomic E-state index is 0.301. The molecule has 1 aliphatic rings. The Kier molecular flexibility index (Phi) is 4.44. The number of piperidine rings is 1. The van der Waals surface area contributed by atoms with Crippen molar-refractivity contribution in [2.24, 2.45) is 11.7 Å². The van der Waals surface area contributed by atoms with Crippen molar-refractivity contribution in [2.45, 2.75) is 17.7 Å². The summed E-state index contributed by atoms with van der Waals surface area (Å²) in [7, 11) is -1.93. The minimum atomic E-state index is -3.34. The first-order valence-corrected chi connectivity index (χ1v) is 8.04. The molecule has 1 aliphatic heterocycles. The molecule has 19 heavy (non-hydrogen) atoms. The van der Waals surface area contributed by atoms with Gasteiger partial charge in [0.25, 0.3) is 0 Å². The zero-order valence-corrected chi connectivity index (χ0v) is 12.0.